The van der Waals surface area contributed by atoms with Gasteiger partial charge in [0.05, 0.1) is 7.11 Å². The minimum absolute atomic E-state index is 0. The third-order valence-electron chi connectivity index (χ3n) is 4.77. The lowest BCUT2D eigenvalue weighted by molar-refractivity contribution is 0.153. The fourth-order valence-electron chi connectivity index (χ4n) is 3.50. The number of rotatable bonds is 6. The zero-order valence-corrected chi connectivity index (χ0v) is 16.3. The van der Waals surface area contributed by atoms with Crippen molar-refractivity contribution in [2.45, 2.75) is 19.0 Å². The summed E-state index contributed by atoms with van der Waals surface area (Å²) in [4.78, 5) is 2.33. The van der Waals surface area contributed by atoms with Crippen molar-refractivity contribution in [2.75, 3.05) is 26.7 Å². The van der Waals surface area contributed by atoms with Crippen LogP contribution in [0.2, 0.25) is 0 Å². The summed E-state index contributed by atoms with van der Waals surface area (Å²) in [5, 5.41) is 13.7. The number of hydrogen-bond donors (Lipinski definition) is 2. The van der Waals surface area contributed by atoms with Crippen LogP contribution in [0, 0.1) is 5.82 Å². The van der Waals surface area contributed by atoms with Crippen molar-refractivity contribution in [2.24, 2.45) is 0 Å². The molecule has 0 bridgehead atoms. The summed E-state index contributed by atoms with van der Waals surface area (Å²) in [6.07, 6.45) is 2.34. The lowest BCUT2D eigenvalue weighted by atomic mass is 10.0. The number of allylic oxidation sites excluding steroid dienone is 1. The Morgan fingerprint density at radius 2 is 2.19 bits per heavy atom. The number of nitrogens with zero attached hydrogens (tertiary/aromatic N) is 1. The number of hydrogen-bond acceptors (Lipinski definition) is 4. The summed E-state index contributed by atoms with van der Waals surface area (Å²) in [7, 11) is 1.55. The molecule has 2 N–H and O–H groups in total. The van der Waals surface area contributed by atoms with Crippen molar-refractivity contribution in [3.63, 3.8) is 0 Å². The summed E-state index contributed by atoms with van der Waals surface area (Å²) in [5.41, 5.74) is 2.82. The number of methoxy groups -OCH3 is 1. The first-order valence-electron chi connectivity index (χ1n) is 8.82. The Kier molecular flexibility index (Phi) is 7.66. The zero-order valence-electron chi connectivity index (χ0n) is 15.5. The summed E-state index contributed by atoms with van der Waals surface area (Å²) in [6.45, 7) is 6.98. The number of ether oxygens (including phenoxy) is 1. The molecule has 0 aliphatic carbocycles. The maximum absolute atomic E-state index is 13.7. The van der Waals surface area contributed by atoms with Gasteiger partial charge in [0.2, 0.25) is 0 Å². The van der Waals surface area contributed by atoms with Gasteiger partial charge < -0.3 is 15.2 Å². The maximum atomic E-state index is 13.7. The highest BCUT2D eigenvalue weighted by molar-refractivity contribution is 5.85. The molecule has 0 spiro atoms. The van der Waals surface area contributed by atoms with E-state index in [-0.39, 0.29) is 30.0 Å². The largest absolute Gasteiger partial charge is 0.504 e. The van der Waals surface area contributed by atoms with Crippen molar-refractivity contribution in [3.05, 3.63) is 71.6 Å². The molecule has 1 fully saturated rings. The van der Waals surface area contributed by atoms with Crippen LogP contribution in [0.5, 0.6) is 11.5 Å². The predicted octanol–water partition coefficient (Wildman–Crippen LogP) is 3.84. The van der Waals surface area contributed by atoms with E-state index in [1.807, 2.05) is 18.2 Å². The molecule has 1 atom stereocenters. The third kappa shape index (κ3) is 5.01. The fourth-order valence-corrected chi connectivity index (χ4v) is 3.50. The van der Waals surface area contributed by atoms with E-state index < -0.39 is 0 Å². The molecule has 146 valence electrons. The van der Waals surface area contributed by atoms with Gasteiger partial charge in [0, 0.05) is 37.8 Å². The van der Waals surface area contributed by atoms with E-state index in [1.165, 1.54) is 6.07 Å². The van der Waals surface area contributed by atoms with Crippen LogP contribution < -0.4 is 10.1 Å². The van der Waals surface area contributed by atoms with E-state index in [2.05, 4.69) is 16.8 Å². The zero-order chi connectivity index (χ0) is 18.5. The normalized spacial score (nSPS) is 17.2. The average Bonchev–Trinajstić information content (AvgIpc) is 2.65. The van der Waals surface area contributed by atoms with E-state index in [0.717, 1.165) is 36.3 Å². The topological polar surface area (TPSA) is 44.7 Å². The minimum atomic E-state index is -0.215. The van der Waals surface area contributed by atoms with Gasteiger partial charge in [-0.3, -0.25) is 4.90 Å². The molecule has 1 unspecified atom stereocenters. The first-order valence-corrected chi connectivity index (χ1v) is 8.82. The van der Waals surface area contributed by atoms with Crippen LogP contribution in [0.25, 0.3) is 0 Å². The van der Waals surface area contributed by atoms with E-state index in [4.69, 9.17) is 4.74 Å². The molecule has 0 saturated carbocycles. The van der Waals surface area contributed by atoms with Crippen molar-refractivity contribution in [3.8, 4) is 11.5 Å². The smallest absolute Gasteiger partial charge is 0.161 e. The number of piperazine rings is 1. The van der Waals surface area contributed by atoms with Crippen LogP contribution in [0.4, 0.5) is 4.39 Å². The molecule has 3 rings (SSSR count). The van der Waals surface area contributed by atoms with Crippen LogP contribution >= 0.6 is 12.4 Å². The Hall–Kier alpha value is -2.08. The molecular formula is C21H26ClFN2O2. The second-order valence-electron chi connectivity index (χ2n) is 6.54. The van der Waals surface area contributed by atoms with Gasteiger partial charge in [-0.25, -0.2) is 4.39 Å². The van der Waals surface area contributed by atoms with E-state index in [1.54, 1.807) is 25.3 Å². The molecule has 1 aliphatic heterocycles. The van der Waals surface area contributed by atoms with Crippen molar-refractivity contribution in [1.82, 2.24) is 10.2 Å². The number of nitrogens with one attached hydrogen (secondary N) is 1. The van der Waals surface area contributed by atoms with Crippen LogP contribution in [-0.2, 0) is 13.0 Å². The monoisotopic (exact) mass is 392 g/mol. The van der Waals surface area contributed by atoms with Crippen molar-refractivity contribution in [1.29, 1.82) is 0 Å². The lowest BCUT2D eigenvalue weighted by Crippen LogP contribution is -2.45. The second-order valence-corrected chi connectivity index (χ2v) is 6.54. The molecule has 0 amide bonds. The molecule has 1 heterocycles. The van der Waals surface area contributed by atoms with Gasteiger partial charge in [-0.2, -0.15) is 0 Å². The fraction of sp³-hybridized carbons (Fsp3) is 0.333. The highest BCUT2D eigenvalue weighted by Crippen LogP contribution is 2.33. The molecule has 2 aromatic rings. The van der Waals surface area contributed by atoms with Gasteiger partial charge in [-0.15, -0.1) is 19.0 Å². The van der Waals surface area contributed by atoms with Crippen LogP contribution in [0.1, 0.15) is 22.7 Å². The Bertz CT molecular complexity index is 785. The van der Waals surface area contributed by atoms with Crippen molar-refractivity contribution >= 4 is 12.4 Å². The first kappa shape index (κ1) is 21.2. The summed E-state index contributed by atoms with van der Waals surface area (Å²) < 4.78 is 19.0. The average molecular weight is 393 g/mol. The molecule has 1 saturated heterocycles. The molecule has 0 radical (unpaired) electrons. The van der Waals surface area contributed by atoms with Gasteiger partial charge in [-0.1, -0.05) is 24.3 Å². The van der Waals surface area contributed by atoms with Gasteiger partial charge in [0.15, 0.2) is 11.5 Å². The van der Waals surface area contributed by atoms with Gasteiger partial charge in [0.1, 0.15) is 5.82 Å². The molecule has 2 aromatic carbocycles. The predicted molar refractivity (Wildman–Crippen MR) is 108 cm³/mol. The van der Waals surface area contributed by atoms with Gasteiger partial charge in [-0.05, 0) is 35.7 Å². The van der Waals surface area contributed by atoms with E-state index in [0.29, 0.717) is 18.7 Å². The summed E-state index contributed by atoms with van der Waals surface area (Å²) in [6, 6.07) is 10.7. The quantitative estimate of drug-likeness (QED) is 0.733. The molecule has 4 nitrogen and oxygen atoms in total. The third-order valence-corrected chi connectivity index (χ3v) is 4.77. The molecule has 6 heteroatoms. The molecular weight excluding hydrogens is 367 g/mol. The van der Waals surface area contributed by atoms with E-state index >= 15 is 0 Å². The second kappa shape index (κ2) is 9.74. The Morgan fingerprint density at radius 1 is 1.37 bits per heavy atom. The highest BCUT2D eigenvalue weighted by Gasteiger charge is 2.24. The summed E-state index contributed by atoms with van der Waals surface area (Å²) in [5.74, 6) is 0.419. The summed E-state index contributed by atoms with van der Waals surface area (Å²) >= 11 is 0. The lowest BCUT2D eigenvalue weighted by Gasteiger charge is -2.36. The molecule has 0 aromatic heterocycles. The number of halogens is 2. The number of phenols is 1. The minimum Gasteiger partial charge on any atom is -0.504 e. The Labute approximate surface area is 166 Å². The van der Waals surface area contributed by atoms with Gasteiger partial charge in [0.25, 0.3) is 0 Å². The number of phenolic OH excluding ortho intramolecular Hbond substituents is 1. The SMILES string of the molecule is C=CCc1cc(CN2CCNCC2c2cccc(F)c2)cc(OC)c1O.Cl. The molecule has 27 heavy (non-hydrogen) atoms. The standard InChI is InChI=1S/C21H25FN2O2.ClH/c1-3-5-17-10-15(11-20(26-2)21(17)25)14-24-9-8-23-13-19(24)16-6-4-7-18(22)12-16;/h3-4,6-7,10-12,19,23,25H,1,5,8-9,13-14H2,2H3;1H. The van der Waals surface area contributed by atoms with Crippen LogP contribution in [-0.4, -0.2) is 36.8 Å². The molecule has 1 aliphatic rings. The number of aromatic hydroxyl groups is 1. The van der Waals surface area contributed by atoms with Gasteiger partial charge >= 0.3 is 0 Å². The first-order chi connectivity index (χ1) is 12.6. The number of benzene rings is 2. The van der Waals surface area contributed by atoms with Crippen LogP contribution in [0.15, 0.2) is 49.1 Å². The van der Waals surface area contributed by atoms with Crippen molar-refractivity contribution < 1.29 is 14.2 Å². The Morgan fingerprint density at radius 3 is 2.89 bits per heavy atom. The highest BCUT2D eigenvalue weighted by atomic mass is 35.5. The maximum Gasteiger partial charge on any atom is 0.161 e. The van der Waals surface area contributed by atoms with E-state index in [9.17, 15) is 9.50 Å². The van der Waals surface area contributed by atoms with Crippen LogP contribution in [0.3, 0.4) is 0 Å². The Balaban J connectivity index is 0.00000261.